The van der Waals surface area contributed by atoms with Gasteiger partial charge in [-0.25, -0.2) is 4.57 Å². The number of phosphoric ester groups is 1. The number of benzene rings is 3. The van der Waals surface area contributed by atoms with Crippen molar-refractivity contribution in [2.45, 2.75) is 6.92 Å². The lowest BCUT2D eigenvalue weighted by Gasteiger charge is -2.17. The quantitative estimate of drug-likeness (QED) is 0.414. The van der Waals surface area contributed by atoms with Crippen molar-refractivity contribution in [2.24, 2.45) is 5.92 Å². The summed E-state index contributed by atoms with van der Waals surface area (Å²) >= 11 is 0. The molecule has 1 aliphatic carbocycles. The van der Waals surface area contributed by atoms with Crippen LogP contribution in [0.3, 0.4) is 0 Å². The summed E-state index contributed by atoms with van der Waals surface area (Å²) in [7, 11) is -4.86. The maximum atomic E-state index is 13.1. The number of rotatable bonds is 4. The van der Waals surface area contributed by atoms with Crippen molar-refractivity contribution in [3.63, 3.8) is 0 Å². The van der Waals surface area contributed by atoms with E-state index >= 15 is 0 Å². The fourth-order valence-electron chi connectivity index (χ4n) is 3.42. The fourth-order valence-corrected chi connectivity index (χ4v) is 3.82. The summed E-state index contributed by atoms with van der Waals surface area (Å²) in [6.45, 7) is 1.94. The van der Waals surface area contributed by atoms with E-state index in [0.717, 1.165) is 16.2 Å². The van der Waals surface area contributed by atoms with E-state index in [4.69, 9.17) is 4.52 Å². The lowest BCUT2D eigenvalue weighted by Crippen LogP contribution is -2.26. The average molecular weight is 421 g/mol. The maximum Gasteiger partial charge on any atom is 0.524 e. The third-order valence-electron chi connectivity index (χ3n) is 4.91. The van der Waals surface area contributed by atoms with Crippen LogP contribution in [0.5, 0.6) is 5.75 Å². The van der Waals surface area contributed by atoms with Crippen LogP contribution in [0.15, 0.2) is 84.6 Å². The molecule has 0 spiro atoms. The molecule has 0 bridgehead atoms. The normalized spacial score (nSPS) is 16.4. The van der Waals surface area contributed by atoms with E-state index in [1.54, 1.807) is 12.1 Å². The number of hydrogen-bond donors (Lipinski definition) is 3. The summed E-state index contributed by atoms with van der Waals surface area (Å²) in [5.74, 6) is -0.702. The molecule has 0 radical (unpaired) electrons. The summed E-state index contributed by atoms with van der Waals surface area (Å²) in [5, 5.41) is 6.28. The Hall–Kier alpha value is -3.18. The van der Waals surface area contributed by atoms with E-state index in [1.807, 2.05) is 67.6 Å². The van der Waals surface area contributed by atoms with Crippen molar-refractivity contribution in [1.82, 2.24) is 5.32 Å². The Bertz CT molecular complexity index is 1290. The molecule has 1 amide bonds. The van der Waals surface area contributed by atoms with Crippen molar-refractivity contribution >= 4 is 35.3 Å². The number of fused-ring (bicyclic) bond motifs is 2. The number of allylic oxidation sites excluding steroid dienone is 5. The number of hydrogen-bond acceptors (Lipinski definition) is 3. The third-order valence-corrected chi connectivity index (χ3v) is 5.35. The second kappa shape index (κ2) is 7.92. The average Bonchev–Trinajstić information content (AvgIpc) is 2.89. The molecule has 152 valence electrons. The van der Waals surface area contributed by atoms with Gasteiger partial charge in [-0.2, -0.15) is 0 Å². The third kappa shape index (κ3) is 4.36. The van der Waals surface area contributed by atoms with Gasteiger partial charge in [-0.1, -0.05) is 55.5 Å². The van der Waals surface area contributed by atoms with Crippen LogP contribution in [0.25, 0.3) is 21.5 Å². The van der Waals surface area contributed by atoms with Gasteiger partial charge < -0.3 is 9.84 Å². The highest BCUT2D eigenvalue weighted by Gasteiger charge is 2.23. The van der Waals surface area contributed by atoms with Gasteiger partial charge in [-0.15, -0.1) is 0 Å². The van der Waals surface area contributed by atoms with Gasteiger partial charge >= 0.3 is 7.82 Å². The molecule has 0 aliphatic heterocycles. The number of carbonyl (C=O) groups excluding carboxylic acids is 1. The van der Waals surface area contributed by atoms with Crippen LogP contribution in [-0.4, -0.2) is 15.7 Å². The molecule has 30 heavy (non-hydrogen) atoms. The molecule has 1 unspecified atom stereocenters. The van der Waals surface area contributed by atoms with Crippen molar-refractivity contribution < 1.29 is 23.7 Å². The first-order chi connectivity index (χ1) is 14.3. The number of nitrogens with one attached hydrogen (secondary N) is 1. The molecule has 1 aliphatic rings. The largest absolute Gasteiger partial charge is 0.524 e. The van der Waals surface area contributed by atoms with E-state index in [1.165, 1.54) is 6.07 Å². The maximum absolute atomic E-state index is 13.1. The lowest BCUT2D eigenvalue weighted by molar-refractivity contribution is 0.0961. The molecule has 4 rings (SSSR count). The van der Waals surface area contributed by atoms with Gasteiger partial charge in [0, 0.05) is 11.6 Å². The highest BCUT2D eigenvalue weighted by atomic mass is 31.2. The number of carbonyl (C=O) groups is 1. The van der Waals surface area contributed by atoms with Gasteiger partial charge in [0.2, 0.25) is 0 Å². The van der Waals surface area contributed by atoms with Crippen molar-refractivity contribution in [3.05, 3.63) is 90.2 Å². The zero-order valence-corrected chi connectivity index (χ0v) is 17.0. The minimum atomic E-state index is -4.86. The Labute approximate surface area is 173 Å². The molecule has 1 atom stereocenters. The summed E-state index contributed by atoms with van der Waals surface area (Å²) < 4.78 is 16.4. The van der Waals surface area contributed by atoms with Gasteiger partial charge in [0.15, 0.2) is 0 Å². The molecule has 0 saturated carbocycles. The van der Waals surface area contributed by atoms with E-state index in [2.05, 4.69) is 5.32 Å². The molecule has 3 aromatic rings. The van der Waals surface area contributed by atoms with Crippen molar-refractivity contribution in [2.75, 3.05) is 0 Å². The molecule has 0 aromatic heterocycles. The first-order valence-electron chi connectivity index (χ1n) is 9.38. The Morgan fingerprint density at radius 3 is 2.30 bits per heavy atom. The van der Waals surface area contributed by atoms with E-state index < -0.39 is 13.7 Å². The van der Waals surface area contributed by atoms with Crippen LogP contribution in [0.2, 0.25) is 0 Å². The van der Waals surface area contributed by atoms with Gasteiger partial charge in [-0.3, -0.25) is 14.6 Å². The van der Waals surface area contributed by atoms with Crippen LogP contribution >= 0.6 is 7.82 Å². The zero-order chi connectivity index (χ0) is 21.3. The van der Waals surface area contributed by atoms with Gasteiger partial charge in [0.05, 0.1) is 5.56 Å². The lowest BCUT2D eigenvalue weighted by atomic mass is 10.0. The molecular weight excluding hydrogens is 401 g/mol. The van der Waals surface area contributed by atoms with Crippen molar-refractivity contribution in [3.8, 4) is 5.75 Å². The van der Waals surface area contributed by atoms with Gasteiger partial charge in [-0.05, 0) is 51.9 Å². The van der Waals surface area contributed by atoms with Crippen LogP contribution < -0.4 is 9.84 Å². The first kappa shape index (κ1) is 20.1. The zero-order valence-electron chi connectivity index (χ0n) is 16.1. The van der Waals surface area contributed by atoms with Gasteiger partial charge in [0.1, 0.15) is 5.75 Å². The fraction of sp³-hybridized carbons (Fsp3) is 0.0870. The highest BCUT2D eigenvalue weighted by molar-refractivity contribution is 7.46. The molecule has 7 heteroatoms. The molecule has 3 aromatic carbocycles. The first-order valence-corrected chi connectivity index (χ1v) is 10.9. The van der Waals surface area contributed by atoms with Crippen LogP contribution in [-0.2, 0) is 4.57 Å². The summed E-state index contributed by atoms with van der Waals surface area (Å²) in [6.07, 6.45) is 9.30. The second-order valence-corrected chi connectivity index (χ2v) is 8.28. The van der Waals surface area contributed by atoms with E-state index in [-0.39, 0.29) is 17.2 Å². The topological polar surface area (TPSA) is 95.9 Å². The predicted octanol–water partition coefficient (Wildman–Crippen LogP) is 4.84. The molecule has 0 heterocycles. The molecule has 3 N–H and O–H groups in total. The number of phosphoric acid groups is 1. The second-order valence-electron chi connectivity index (χ2n) is 7.11. The van der Waals surface area contributed by atoms with Crippen LogP contribution in [0, 0.1) is 5.92 Å². The standard InChI is InChI=1S/C23H20NO5P/c1-15-7-3-2-4-10-21(15)24-23(25)20-13-18-11-16-8-5-6-9-17(16)12-19(18)14-22(20)29-30(26,27)28/h2-15H,1H3,(H,24,25)(H2,26,27,28). The minimum Gasteiger partial charge on any atom is -0.403 e. The van der Waals surface area contributed by atoms with Crippen molar-refractivity contribution in [1.29, 1.82) is 0 Å². The van der Waals surface area contributed by atoms with E-state index in [9.17, 15) is 19.1 Å². The Kier molecular flexibility index (Phi) is 5.31. The number of amides is 1. The molecular formula is C23H20NO5P. The summed E-state index contributed by atoms with van der Waals surface area (Å²) in [4.78, 5) is 31.8. The van der Waals surface area contributed by atoms with E-state index in [0.29, 0.717) is 11.1 Å². The summed E-state index contributed by atoms with van der Waals surface area (Å²) in [6, 6.07) is 14.6. The molecule has 0 fully saturated rings. The SMILES string of the molecule is CC1C=CC=CC=C1NC(=O)c1cc2cc3ccccc3cc2cc1OP(=O)(O)O. The van der Waals surface area contributed by atoms with Crippen LogP contribution in [0.4, 0.5) is 0 Å². The smallest absolute Gasteiger partial charge is 0.403 e. The minimum absolute atomic E-state index is 0.0282. The molecule has 0 saturated heterocycles. The summed E-state index contributed by atoms with van der Waals surface area (Å²) in [5.41, 5.74) is 0.720. The Morgan fingerprint density at radius 1 is 0.967 bits per heavy atom. The van der Waals surface area contributed by atoms with Gasteiger partial charge in [0.25, 0.3) is 5.91 Å². The Balaban J connectivity index is 1.81. The highest BCUT2D eigenvalue weighted by Crippen LogP contribution is 2.41. The van der Waals surface area contributed by atoms with Crippen LogP contribution in [0.1, 0.15) is 17.3 Å². The predicted molar refractivity (Wildman–Crippen MR) is 117 cm³/mol. The molecule has 6 nitrogen and oxygen atoms in total. The Morgan fingerprint density at radius 2 is 1.63 bits per heavy atom. The monoisotopic (exact) mass is 421 g/mol.